The molecule has 2 heterocycles. The second-order valence-corrected chi connectivity index (χ2v) is 14.3. The summed E-state index contributed by atoms with van der Waals surface area (Å²) in [5.74, 6) is 0.0905. The average Bonchev–Trinajstić information content (AvgIpc) is 4.19. The van der Waals surface area contributed by atoms with Gasteiger partial charge in [0.05, 0.1) is 36.5 Å². The van der Waals surface area contributed by atoms with Crippen molar-refractivity contribution in [1.82, 2.24) is 0 Å². The fourth-order valence-electron chi connectivity index (χ4n) is 6.47. The van der Waals surface area contributed by atoms with Crippen molar-refractivity contribution in [2.45, 2.75) is 50.7 Å². The number of fused-ring (bicyclic) bond motifs is 1. The molecular weight excluding hydrogens is 737 g/mol. The number of benzene rings is 6. The first-order valence-electron chi connectivity index (χ1n) is 19.3. The summed E-state index contributed by atoms with van der Waals surface area (Å²) in [7, 11) is 0. The monoisotopic (exact) mass is 776 g/mol. The molecule has 2 unspecified atom stereocenters. The zero-order valence-corrected chi connectivity index (χ0v) is 31.6. The number of carbonyl (C=O) groups excluding carboxylic acids is 4. The van der Waals surface area contributed by atoms with Gasteiger partial charge in [0.25, 0.3) is 0 Å². The SMILES string of the molecule is O=C(CCCC1CO1)Oc1ccc(-c2ccc(C(=O)Oc3ccc4ccc(OC(=O)c5ccc(-c6ccc(OC(=O)CCCC7CO7)cc6)cc5)cc4c3)cc2)cc1. The maximum absolute atomic E-state index is 13.1. The highest BCUT2D eigenvalue weighted by molar-refractivity contribution is 5.94. The molecule has 2 fully saturated rings. The van der Waals surface area contributed by atoms with Gasteiger partial charge in [-0.1, -0.05) is 60.7 Å². The lowest BCUT2D eigenvalue weighted by molar-refractivity contribution is -0.135. The number of esters is 4. The van der Waals surface area contributed by atoms with Crippen molar-refractivity contribution in [3.63, 3.8) is 0 Å². The highest BCUT2D eigenvalue weighted by Gasteiger charge is 2.23. The smallest absolute Gasteiger partial charge is 0.343 e. The summed E-state index contributed by atoms with van der Waals surface area (Å²) in [6.45, 7) is 1.57. The van der Waals surface area contributed by atoms with Gasteiger partial charge in [0.15, 0.2) is 0 Å². The van der Waals surface area contributed by atoms with E-state index in [2.05, 4.69) is 0 Å². The summed E-state index contributed by atoms with van der Waals surface area (Å²) >= 11 is 0. The van der Waals surface area contributed by atoms with Gasteiger partial charge in [-0.15, -0.1) is 0 Å². The maximum atomic E-state index is 13.1. The molecule has 292 valence electrons. The van der Waals surface area contributed by atoms with E-state index in [1.807, 2.05) is 60.7 Å². The van der Waals surface area contributed by atoms with E-state index in [1.54, 1.807) is 72.8 Å². The molecule has 0 saturated carbocycles. The summed E-state index contributed by atoms with van der Waals surface area (Å²) < 4.78 is 32.7. The Kier molecular flexibility index (Phi) is 11.7. The molecule has 0 spiro atoms. The Morgan fingerprint density at radius 1 is 0.431 bits per heavy atom. The molecule has 10 heteroatoms. The minimum atomic E-state index is -0.516. The predicted molar refractivity (Wildman–Crippen MR) is 216 cm³/mol. The molecule has 0 aromatic heterocycles. The number of ether oxygens (including phenoxy) is 6. The van der Waals surface area contributed by atoms with Crippen LogP contribution in [0, 0.1) is 0 Å². The lowest BCUT2D eigenvalue weighted by Gasteiger charge is -2.09. The Morgan fingerprint density at radius 3 is 1.14 bits per heavy atom. The normalized spacial score (nSPS) is 15.3. The lowest BCUT2D eigenvalue weighted by atomic mass is 10.0. The first-order chi connectivity index (χ1) is 28.3. The maximum Gasteiger partial charge on any atom is 0.343 e. The van der Waals surface area contributed by atoms with E-state index in [0.717, 1.165) is 71.9 Å². The zero-order valence-electron chi connectivity index (χ0n) is 31.6. The minimum Gasteiger partial charge on any atom is -0.427 e. The molecule has 2 saturated heterocycles. The van der Waals surface area contributed by atoms with Crippen molar-refractivity contribution < 1.29 is 47.6 Å². The van der Waals surface area contributed by atoms with Crippen molar-refractivity contribution in [3.8, 4) is 45.3 Å². The van der Waals surface area contributed by atoms with Crippen LogP contribution in [-0.2, 0) is 19.1 Å². The predicted octanol–water partition coefficient (Wildman–Crippen LogP) is 9.56. The van der Waals surface area contributed by atoms with Gasteiger partial charge in [0.1, 0.15) is 23.0 Å². The molecule has 2 atom stereocenters. The van der Waals surface area contributed by atoms with Crippen molar-refractivity contribution >= 4 is 34.6 Å². The van der Waals surface area contributed by atoms with E-state index in [1.165, 1.54) is 0 Å². The summed E-state index contributed by atoms with van der Waals surface area (Å²) in [5, 5.41) is 1.60. The standard InChI is InChI=1S/C48H40O10/c49-45(5-1-3-43-29-53-43)55-39-21-15-33(16-22-39)31-7-11-36(12-8-31)47(51)57-41-25-19-35-20-26-42(28-38(35)27-41)58-48(52)37-13-9-32(10-14-37)34-17-23-40(24-18-34)56-46(50)6-2-4-44-30-54-44/h7-28,43-44H,1-6,29-30H2. The second kappa shape index (κ2) is 17.7. The topological polar surface area (TPSA) is 130 Å². The minimum absolute atomic E-state index is 0.265. The number of epoxide rings is 2. The van der Waals surface area contributed by atoms with Crippen molar-refractivity contribution in [1.29, 1.82) is 0 Å². The molecule has 0 N–H and O–H groups in total. The molecule has 58 heavy (non-hydrogen) atoms. The Balaban J connectivity index is 0.829. The average molecular weight is 777 g/mol. The van der Waals surface area contributed by atoms with Gasteiger partial charge in [-0.3, -0.25) is 9.59 Å². The third kappa shape index (κ3) is 10.4. The number of hydrogen-bond donors (Lipinski definition) is 0. The van der Waals surface area contributed by atoms with E-state index in [9.17, 15) is 19.2 Å². The van der Waals surface area contributed by atoms with Gasteiger partial charge < -0.3 is 28.4 Å². The van der Waals surface area contributed by atoms with E-state index in [-0.39, 0.29) is 11.9 Å². The Labute approximate surface area is 335 Å². The quantitative estimate of drug-likeness (QED) is 0.0532. The van der Waals surface area contributed by atoms with Crippen molar-refractivity contribution in [2.24, 2.45) is 0 Å². The number of rotatable bonds is 16. The first kappa shape index (κ1) is 38.3. The van der Waals surface area contributed by atoms with Gasteiger partial charge in [0, 0.05) is 12.8 Å². The van der Waals surface area contributed by atoms with Crippen LogP contribution in [0.5, 0.6) is 23.0 Å². The van der Waals surface area contributed by atoms with Gasteiger partial charge >= 0.3 is 23.9 Å². The number of carbonyl (C=O) groups is 4. The molecule has 0 radical (unpaired) electrons. The van der Waals surface area contributed by atoms with Crippen LogP contribution in [-0.4, -0.2) is 49.3 Å². The van der Waals surface area contributed by atoms with Gasteiger partial charge in [-0.05, 0) is 132 Å². The molecule has 6 aromatic rings. The summed E-state index contributed by atoms with van der Waals surface area (Å²) in [4.78, 5) is 50.4. The first-order valence-corrected chi connectivity index (χ1v) is 19.3. The van der Waals surface area contributed by atoms with Gasteiger partial charge in [-0.25, -0.2) is 9.59 Å². The molecule has 2 aliphatic heterocycles. The molecule has 0 bridgehead atoms. The van der Waals surface area contributed by atoms with E-state index in [4.69, 9.17) is 28.4 Å². The zero-order chi connectivity index (χ0) is 39.8. The highest BCUT2D eigenvalue weighted by Crippen LogP contribution is 2.29. The lowest BCUT2D eigenvalue weighted by Crippen LogP contribution is -2.09. The third-order valence-corrected chi connectivity index (χ3v) is 9.90. The van der Waals surface area contributed by atoms with Crippen LogP contribution in [0.25, 0.3) is 33.0 Å². The fraction of sp³-hybridized carbons (Fsp3) is 0.208. The van der Waals surface area contributed by atoms with E-state index in [0.29, 0.717) is 59.2 Å². The van der Waals surface area contributed by atoms with Crippen LogP contribution in [0.15, 0.2) is 133 Å². The molecular formula is C48H40O10. The van der Waals surface area contributed by atoms with Crippen LogP contribution in [0.2, 0.25) is 0 Å². The highest BCUT2D eigenvalue weighted by atomic mass is 16.6. The summed E-state index contributed by atoms with van der Waals surface area (Å²) in [6, 6.07) is 39.1. The number of hydrogen-bond acceptors (Lipinski definition) is 10. The fourth-order valence-corrected chi connectivity index (χ4v) is 6.47. The van der Waals surface area contributed by atoms with Gasteiger partial charge in [0.2, 0.25) is 0 Å². The van der Waals surface area contributed by atoms with Crippen LogP contribution < -0.4 is 18.9 Å². The van der Waals surface area contributed by atoms with Crippen LogP contribution in [0.1, 0.15) is 59.2 Å². The van der Waals surface area contributed by atoms with E-state index < -0.39 is 11.9 Å². The van der Waals surface area contributed by atoms with Crippen molar-refractivity contribution in [3.05, 3.63) is 145 Å². The Hall–Kier alpha value is -6.62. The van der Waals surface area contributed by atoms with Crippen molar-refractivity contribution in [2.75, 3.05) is 13.2 Å². The van der Waals surface area contributed by atoms with Crippen LogP contribution in [0.3, 0.4) is 0 Å². The Bertz CT molecular complexity index is 2240. The summed E-state index contributed by atoms with van der Waals surface area (Å²) in [6.07, 6.45) is 4.54. The molecule has 0 amide bonds. The van der Waals surface area contributed by atoms with Gasteiger partial charge in [-0.2, -0.15) is 0 Å². The second-order valence-electron chi connectivity index (χ2n) is 14.3. The van der Waals surface area contributed by atoms with E-state index >= 15 is 0 Å². The Morgan fingerprint density at radius 2 is 0.776 bits per heavy atom. The van der Waals surface area contributed by atoms with Crippen LogP contribution in [0.4, 0.5) is 0 Å². The van der Waals surface area contributed by atoms with Crippen LogP contribution >= 0.6 is 0 Å². The molecule has 6 aromatic carbocycles. The molecule has 0 aliphatic carbocycles. The largest absolute Gasteiger partial charge is 0.427 e. The molecule has 10 nitrogen and oxygen atoms in total. The summed E-state index contributed by atoms with van der Waals surface area (Å²) in [5.41, 5.74) is 4.34. The molecule has 2 aliphatic rings. The third-order valence-electron chi connectivity index (χ3n) is 9.90. The molecule has 8 rings (SSSR count).